The molecule has 0 aliphatic heterocycles. The van der Waals surface area contributed by atoms with E-state index in [1.807, 2.05) is 0 Å². The van der Waals surface area contributed by atoms with Gasteiger partial charge in [-0.25, -0.2) is 4.39 Å². The Labute approximate surface area is 106 Å². The lowest BCUT2D eigenvalue weighted by Crippen LogP contribution is -2.22. The molecule has 0 saturated heterocycles. The minimum atomic E-state index is -1.20. The smallest absolute Gasteiger partial charge is 0.224 e. The second-order valence-corrected chi connectivity index (χ2v) is 4.31. The molecular weight excluding hydrogens is 293 g/mol. The first-order chi connectivity index (χ1) is 7.99. The molecule has 1 N–H and O–H groups in total. The first kappa shape index (κ1) is 13.6. The summed E-state index contributed by atoms with van der Waals surface area (Å²) in [6.07, 6.45) is 0.00599. The number of aliphatic carboxylic acids is 1. The zero-order chi connectivity index (χ0) is 12.8. The molecule has 0 spiro atoms. The predicted molar refractivity (Wildman–Crippen MR) is 61.6 cm³/mol. The fourth-order valence-electron chi connectivity index (χ4n) is 1.20. The summed E-state index contributed by atoms with van der Waals surface area (Å²) >= 11 is 3.10. The van der Waals surface area contributed by atoms with Crippen LogP contribution in [0.25, 0.3) is 0 Å². The normalized spacial score (nSPS) is 10.0. The number of rotatable bonds is 5. The number of carbonyl (C=O) groups excluding carboxylic acids is 2. The predicted octanol–water partition coefficient (Wildman–Crippen LogP) is 1.45. The van der Waals surface area contributed by atoms with E-state index in [9.17, 15) is 19.1 Å². The van der Waals surface area contributed by atoms with Crippen LogP contribution in [0.2, 0.25) is 0 Å². The molecule has 1 amide bonds. The molecule has 4 nitrogen and oxygen atoms in total. The minimum absolute atomic E-state index is 0.0173. The summed E-state index contributed by atoms with van der Waals surface area (Å²) < 4.78 is 13.9. The molecule has 0 unspecified atom stereocenters. The number of amides is 1. The third-order valence-electron chi connectivity index (χ3n) is 1.99. The van der Waals surface area contributed by atoms with Gasteiger partial charge in [-0.15, -0.1) is 0 Å². The van der Waals surface area contributed by atoms with Crippen LogP contribution >= 0.6 is 15.9 Å². The Morgan fingerprint density at radius 1 is 1.35 bits per heavy atom. The van der Waals surface area contributed by atoms with Crippen molar-refractivity contribution in [1.82, 2.24) is 0 Å². The van der Waals surface area contributed by atoms with E-state index in [4.69, 9.17) is 0 Å². The van der Waals surface area contributed by atoms with E-state index in [-0.39, 0.29) is 24.9 Å². The van der Waals surface area contributed by atoms with Gasteiger partial charge in [0.25, 0.3) is 0 Å². The zero-order valence-electron chi connectivity index (χ0n) is 8.83. The second kappa shape index (κ2) is 6.34. The van der Waals surface area contributed by atoms with Crippen LogP contribution in [0.15, 0.2) is 22.7 Å². The van der Waals surface area contributed by atoms with Gasteiger partial charge in [-0.1, -0.05) is 15.9 Å². The molecular formula is C11H10BrFNO3-. The first-order valence-electron chi connectivity index (χ1n) is 4.94. The van der Waals surface area contributed by atoms with Gasteiger partial charge in [-0.05, 0) is 31.0 Å². The van der Waals surface area contributed by atoms with Gasteiger partial charge in [0.15, 0.2) is 0 Å². The Hall–Kier alpha value is -1.43. The number of carboxylic acid groups (broad SMARTS) is 1. The van der Waals surface area contributed by atoms with E-state index in [1.165, 1.54) is 12.1 Å². The van der Waals surface area contributed by atoms with Gasteiger partial charge in [0.2, 0.25) is 5.91 Å². The van der Waals surface area contributed by atoms with Crippen molar-refractivity contribution in [2.45, 2.75) is 19.3 Å². The summed E-state index contributed by atoms with van der Waals surface area (Å²) in [5, 5.41) is 12.5. The molecule has 0 aliphatic rings. The number of anilines is 1. The fraction of sp³-hybridized carbons (Fsp3) is 0.273. The Balaban J connectivity index is 2.48. The van der Waals surface area contributed by atoms with Crippen molar-refractivity contribution in [3.63, 3.8) is 0 Å². The van der Waals surface area contributed by atoms with Gasteiger partial charge < -0.3 is 15.2 Å². The molecule has 1 aromatic carbocycles. The topological polar surface area (TPSA) is 69.2 Å². The number of carbonyl (C=O) groups is 2. The van der Waals surface area contributed by atoms with Crippen molar-refractivity contribution in [3.8, 4) is 0 Å². The van der Waals surface area contributed by atoms with E-state index in [2.05, 4.69) is 21.2 Å². The molecule has 0 bridgehead atoms. The lowest BCUT2D eigenvalue weighted by molar-refractivity contribution is -0.305. The number of benzene rings is 1. The quantitative estimate of drug-likeness (QED) is 0.895. The molecule has 0 heterocycles. The number of hydrogen-bond donors (Lipinski definition) is 1. The summed E-state index contributed by atoms with van der Waals surface area (Å²) in [5.74, 6) is -2.17. The summed E-state index contributed by atoms with van der Waals surface area (Å²) in [6.45, 7) is 0. The molecule has 1 rings (SSSR count). The molecule has 0 aliphatic carbocycles. The van der Waals surface area contributed by atoms with Crippen molar-refractivity contribution < 1.29 is 19.1 Å². The highest BCUT2D eigenvalue weighted by Gasteiger charge is 2.07. The third kappa shape index (κ3) is 4.95. The SMILES string of the molecule is O=C([O-])CCCC(=O)Nc1ccc(Br)cc1F. The maximum absolute atomic E-state index is 13.3. The van der Waals surface area contributed by atoms with Crippen molar-refractivity contribution in [3.05, 3.63) is 28.5 Å². The largest absolute Gasteiger partial charge is 0.550 e. The van der Waals surface area contributed by atoms with Crippen molar-refractivity contribution in [2.75, 3.05) is 5.32 Å². The van der Waals surface area contributed by atoms with Crippen LogP contribution in [-0.2, 0) is 9.59 Å². The highest BCUT2D eigenvalue weighted by atomic mass is 79.9. The average molecular weight is 303 g/mol. The van der Waals surface area contributed by atoms with Crippen LogP contribution < -0.4 is 10.4 Å². The minimum Gasteiger partial charge on any atom is -0.550 e. The van der Waals surface area contributed by atoms with Crippen LogP contribution in [0.1, 0.15) is 19.3 Å². The summed E-state index contributed by atoms with van der Waals surface area (Å²) in [4.78, 5) is 21.5. The monoisotopic (exact) mass is 302 g/mol. The van der Waals surface area contributed by atoms with E-state index in [0.29, 0.717) is 4.47 Å². The fourth-order valence-corrected chi connectivity index (χ4v) is 1.53. The van der Waals surface area contributed by atoms with E-state index < -0.39 is 17.7 Å². The van der Waals surface area contributed by atoms with Gasteiger partial charge >= 0.3 is 0 Å². The number of halogens is 2. The van der Waals surface area contributed by atoms with Crippen molar-refractivity contribution in [1.29, 1.82) is 0 Å². The van der Waals surface area contributed by atoms with Crippen molar-refractivity contribution in [2.24, 2.45) is 0 Å². The molecule has 92 valence electrons. The van der Waals surface area contributed by atoms with Gasteiger partial charge in [0.1, 0.15) is 5.82 Å². The molecule has 0 radical (unpaired) electrons. The molecule has 0 saturated carbocycles. The van der Waals surface area contributed by atoms with Crippen LogP contribution in [0.3, 0.4) is 0 Å². The molecule has 0 atom stereocenters. The van der Waals surface area contributed by atoms with Crippen LogP contribution in [0, 0.1) is 5.82 Å². The molecule has 0 aromatic heterocycles. The third-order valence-corrected chi connectivity index (χ3v) is 2.48. The Morgan fingerprint density at radius 2 is 2.06 bits per heavy atom. The van der Waals surface area contributed by atoms with Crippen LogP contribution in [0.5, 0.6) is 0 Å². The highest BCUT2D eigenvalue weighted by molar-refractivity contribution is 9.10. The van der Waals surface area contributed by atoms with E-state index >= 15 is 0 Å². The lowest BCUT2D eigenvalue weighted by atomic mass is 10.2. The van der Waals surface area contributed by atoms with Crippen LogP contribution in [0.4, 0.5) is 10.1 Å². The highest BCUT2D eigenvalue weighted by Crippen LogP contribution is 2.19. The number of carboxylic acids is 1. The second-order valence-electron chi connectivity index (χ2n) is 3.40. The molecule has 17 heavy (non-hydrogen) atoms. The van der Waals surface area contributed by atoms with Crippen LogP contribution in [-0.4, -0.2) is 11.9 Å². The van der Waals surface area contributed by atoms with Crippen molar-refractivity contribution >= 4 is 33.5 Å². The zero-order valence-corrected chi connectivity index (χ0v) is 10.4. The summed E-state index contributed by atoms with van der Waals surface area (Å²) in [6, 6.07) is 4.26. The maximum Gasteiger partial charge on any atom is 0.224 e. The van der Waals surface area contributed by atoms with Gasteiger partial charge in [0.05, 0.1) is 5.69 Å². The van der Waals surface area contributed by atoms with Gasteiger partial charge in [-0.2, -0.15) is 0 Å². The summed E-state index contributed by atoms with van der Waals surface area (Å²) in [5.41, 5.74) is 0.0756. The van der Waals surface area contributed by atoms with Gasteiger partial charge in [-0.3, -0.25) is 4.79 Å². The summed E-state index contributed by atoms with van der Waals surface area (Å²) in [7, 11) is 0. The number of nitrogens with one attached hydrogen (secondary N) is 1. The van der Waals surface area contributed by atoms with E-state index in [1.54, 1.807) is 6.07 Å². The Bertz CT molecular complexity index is 437. The first-order valence-corrected chi connectivity index (χ1v) is 5.73. The molecule has 1 aromatic rings. The molecule has 6 heteroatoms. The lowest BCUT2D eigenvalue weighted by Gasteiger charge is -2.06. The maximum atomic E-state index is 13.3. The van der Waals surface area contributed by atoms with Gasteiger partial charge in [0, 0.05) is 16.9 Å². The molecule has 0 fully saturated rings. The standard InChI is InChI=1S/C11H11BrFNO3/c12-7-4-5-9(8(13)6-7)14-10(15)2-1-3-11(16)17/h4-6H,1-3H2,(H,14,15)(H,16,17)/p-1. The van der Waals surface area contributed by atoms with E-state index in [0.717, 1.165) is 0 Å². The Morgan fingerprint density at radius 3 is 2.65 bits per heavy atom. The number of hydrogen-bond acceptors (Lipinski definition) is 3. The average Bonchev–Trinajstić information content (AvgIpc) is 2.21. The Kier molecular flexibility index (Phi) is 5.09.